The normalized spacial score (nSPS) is 11.8. The first-order chi connectivity index (χ1) is 31.2. The first kappa shape index (κ1) is 38.8. The van der Waals surface area contributed by atoms with Crippen LogP contribution in [0.2, 0.25) is 0 Å². The predicted octanol–water partition coefficient (Wildman–Crippen LogP) is 14.8. The first-order valence-corrected chi connectivity index (χ1v) is 21.2. The zero-order chi connectivity index (χ0) is 42.4. The maximum Gasteiger partial charge on any atom is 0.161 e. The lowest BCUT2D eigenvalue weighted by atomic mass is 9.93. The van der Waals surface area contributed by atoms with E-state index in [1.807, 2.05) is 18.2 Å². The number of aromatic nitrogens is 1. The second kappa shape index (κ2) is 17.7. The fraction of sp³-hybridized carbons (Fsp3) is 0.0169. The fourth-order valence-corrected chi connectivity index (χ4v) is 8.24. The second-order valence-electron chi connectivity index (χ2n) is 15.5. The van der Waals surface area contributed by atoms with Crippen LogP contribution in [-0.2, 0) is 6.54 Å². The van der Waals surface area contributed by atoms with E-state index in [9.17, 15) is 0 Å². The second-order valence-corrected chi connectivity index (χ2v) is 15.5. The zero-order valence-corrected chi connectivity index (χ0v) is 34.6. The number of amidine groups is 2. The summed E-state index contributed by atoms with van der Waals surface area (Å²) in [4.78, 5) is 19.8. The standard InChI is InChI=1S/C59H42N4/c1-60-58(63-59(52-25-14-24-51(38-52)43-18-7-3-8-19-43)61-40-41-15-13-23-50(37-41)42-16-5-2-6-17-42)49-33-29-45(30-34-49)44-27-31-47(32-28-44)54-39-56(48-21-9-4-10-22-48)62-55-36-35-46-20-11-12-26-53(46)57(54)55/h2-39H,1,40H2/b61-59-,63-58-. The third-order valence-electron chi connectivity index (χ3n) is 11.5. The highest BCUT2D eigenvalue weighted by molar-refractivity contribution is 6.14. The van der Waals surface area contributed by atoms with Crippen molar-refractivity contribution in [1.29, 1.82) is 0 Å². The molecule has 4 heteroatoms. The molecule has 298 valence electrons. The molecule has 0 saturated carbocycles. The zero-order valence-electron chi connectivity index (χ0n) is 34.6. The van der Waals surface area contributed by atoms with Gasteiger partial charge in [0.05, 0.1) is 17.8 Å². The van der Waals surface area contributed by atoms with Gasteiger partial charge < -0.3 is 0 Å². The highest BCUT2D eigenvalue weighted by Gasteiger charge is 2.14. The van der Waals surface area contributed by atoms with Gasteiger partial charge in [0, 0.05) is 22.1 Å². The lowest BCUT2D eigenvalue weighted by Crippen LogP contribution is -2.06. The summed E-state index contributed by atoms with van der Waals surface area (Å²) in [6.07, 6.45) is 0. The highest BCUT2D eigenvalue weighted by atomic mass is 15.0. The number of hydrogen-bond donors (Lipinski definition) is 0. The van der Waals surface area contributed by atoms with E-state index in [1.54, 1.807) is 0 Å². The van der Waals surface area contributed by atoms with Gasteiger partial charge in [-0.2, -0.15) is 0 Å². The first-order valence-electron chi connectivity index (χ1n) is 21.2. The van der Waals surface area contributed by atoms with Crippen LogP contribution in [0.5, 0.6) is 0 Å². The van der Waals surface area contributed by atoms with Crippen LogP contribution in [0.4, 0.5) is 0 Å². The number of rotatable bonds is 9. The minimum atomic E-state index is 0.452. The van der Waals surface area contributed by atoms with Crippen LogP contribution in [0, 0.1) is 0 Å². The maximum atomic E-state index is 5.14. The predicted molar refractivity (Wildman–Crippen MR) is 266 cm³/mol. The monoisotopic (exact) mass is 806 g/mol. The van der Waals surface area contributed by atoms with Crippen molar-refractivity contribution in [2.24, 2.45) is 15.0 Å². The lowest BCUT2D eigenvalue weighted by Gasteiger charge is -2.14. The summed E-state index contributed by atoms with van der Waals surface area (Å²) in [5.74, 6) is 1.09. The molecular formula is C59H42N4. The van der Waals surface area contributed by atoms with Crippen molar-refractivity contribution < 1.29 is 0 Å². The Morgan fingerprint density at radius 3 is 1.65 bits per heavy atom. The van der Waals surface area contributed by atoms with Crippen molar-refractivity contribution in [2.75, 3.05) is 0 Å². The molecule has 0 atom stereocenters. The van der Waals surface area contributed by atoms with Crippen molar-refractivity contribution in [3.05, 3.63) is 247 Å². The third kappa shape index (κ3) is 8.39. The van der Waals surface area contributed by atoms with E-state index in [4.69, 9.17) is 15.0 Å². The van der Waals surface area contributed by atoms with E-state index in [-0.39, 0.29) is 0 Å². The molecule has 0 amide bonds. The van der Waals surface area contributed by atoms with Gasteiger partial charge in [-0.05, 0) is 91.8 Å². The molecule has 63 heavy (non-hydrogen) atoms. The summed E-state index contributed by atoms with van der Waals surface area (Å²) in [7, 11) is 0. The van der Waals surface area contributed by atoms with Gasteiger partial charge in [-0.1, -0.05) is 206 Å². The van der Waals surface area contributed by atoms with E-state index < -0.39 is 0 Å². The molecule has 0 spiro atoms. The van der Waals surface area contributed by atoms with Crippen LogP contribution >= 0.6 is 0 Å². The van der Waals surface area contributed by atoms with E-state index in [2.05, 4.69) is 224 Å². The molecule has 0 aliphatic rings. The molecule has 0 bridgehead atoms. The van der Waals surface area contributed by atoms with Gasteiger partial charge in [-0.25, -0.2) is 15.0 Å². The number of fused-ring (bicyclic) bond motifs is 3. The number of pyridine rings is 1. The average molecular weight is 807 g/mol. The van der Waals surface area contributed by atoms with Crippen molar-refractivity contribution >= 4 is 40.1 Å². The maximum absolute atomic E-state index is 5.14. The summed E-state index contributed by atoms with van der Waals surface area (Å²) in [6, 6.07) is 80.4. The molecule has 0 aliphatic carbocycles. The highest BCUT2D eigenvalue weighted by Crippen LogP contribution is 2.37. The Kier molecular flexibility index (Phi) is 10.9. The van der Waals surface area contributed by atoms with Gasteiger partial charge in [0.1, 0.15) is 0 Å². The Morgan fingerprint density at radius 1 is 0.413 bits per heavy atom. The third-order valence-corrected chi connectivity index (χ3v) is 11.5. The van der Waals surface area contributed by atoms with E-state index >= 15 is 0 Å². The molecule has 0 radical (unpaired) electrons. The fourth-order valence-electron chi connectivity index (χ4n) is 8.24. The average Bonchev–Trinajstić information content (AvgIpc) is 3.37. The summed E-state index contributed by atoms with van der Waals surface area (Å²) in [5.41, 5.74) is 14.9. The summed E-state index contributed by atoms with van der Waals surface area (Å²) < 4.78 is 0. The Labute approximate surface area is 368 Å². The van der Waals surface area contributed by atoms with Gasteiger partial charge in [-0.15, -0.1) is 0 Å². The molecule has 1 aromatic heterocycles. The van der Waals surface area contributed by atoms with Gasteiger partial charge >= 0.3 is 0 Å². The van der Waals surface area contributed by atoms with Gasteiger partial charge in [0.25, 0.3) is 0 Å². The minimum Gasteiger partial charge on any atom is -0.261 e. The van der Waals surface area contributed by atoms with E-state index in [0.29, 0.717) is 18.2 Å². The van der Waals surface area contributed by atoms with Gasteiger partial charge in [-0.3, -0.25) is 4.99 Å². The van der Waals surface area contributed by atoms with Crippen LogP contribution in [0.1, 0.15) is 16.7 Å². The quantitative estimate of drug-likeness (QED) is 0.0814. The Balaban J connectivity index is 0.977. The Morgan fingerprint density at radius 2 is 0.968 bits per heavy atom. The van der Waals surface area contributed by atoms with Gasteiger partial charge in [0.15, 0.2) is 11.7 Å². The minimum absolute atomic E-state index is 0.452. The number of hydrogen-bond acceptors (Lipinski definition) is 2. The van der Waals surface area contributed by atoms with E-state index in [0.717, 1.165) is 77.8 Å². The number of benzene rings is 9. The summed E-state index contributed by atoms with van der Waals surface area (Å²) in [5, 5.41) is 3.55. The van der Waals surface area contributed by atoms with Gasteiger partial charge in [0.2, 0.25) is 0 Å². The molecule has 0 unspecified atom stereocenters. The van der Waals surface area contributed by atoms with Crippen LogP contribution < -0.4 is 0 Å². The van der Waals surface area contributed by atoms with Crippen LogP contribution in [-0.4, -0.2) is 23.4 Å². The molecule has 0 saturated heterocycles. The molecule has 0 fully saturated rings. The number of nitrogens with zero attached hydrogens (tertiary/aromatic N) is 4. The van der Waals surface area contributed by atoms with E-state index in [1.165, 1.54) is 16.3 Å². The molecule has 10 rings (SSSR count). The van der Waals surface area contributed by atoms with Crippen molar-refractivity contribution in [3.63, 3.8) is 0 Å². The molecule has 10 aromatic rings. The largest absolute Gasteiger partial charge is 0.261 e. The van der Waals surface area contributed by atoms with Crippen LogP contribution in [0.3, 0.4) is 0 Å². The molecule has 4 nitrogen and oxygen atoms in total. The smallest absolute Gasteiger partial charge is 0.161 e. The molecule has 9 aromatic carbocycles. The molecule has 0 N–H and O–H groups in total. The lowest BCUT2D eigenvalue weighted by molar-refractivity contribution is 1.06. The Bertz CT molecular complexity index is 3280. The van der Waals surface area contributed by atoms with Crippen molar-refractivity contribution in [3.8, 4) is 55.8 Å². The molecule has 1 heterocycles. The molecular weight excluding hydrogens is 765 g/mol. The number of aliphatic imine (C=N–C) groups is 3. The SMILES string of the molecule is C=N/C(=N\C(=N/Cc1cccc(-c2ccccc2)c1)c1cccc(-c2ccccc2)c1)c1ccc(-c2ccc(-c3cc(-c4ccccc4)nc4ccc5ccccc5c34)cc2)cc1. The summed E-state index contributed by atoms with van der Waals surface area (Å²) >= 11 is 0. The van der Waals surface area contributed by atoms with Crippen LogP contribution in [0.25, 0.3) is 77.4 Å². The topological polar surface area (TPSA) is 50.0 Å². The molecule has 0 aliphatic heterocycles. The summed E-state index contributed by atoms with van der Waals surface area (Å²) in [6.45, 7) is 4.41. The van der Waals surface area contributed by atoms with Crippen LogP contribution in [0.15, 0.2) is 245 Å². The van der Waals surface area contributed by atoms with Crippen molar-refractivity contribution in [2.45, 2.75) is 6.54 Å². The van der Waals surface area contributed by atoms with Crippen molar-refractivity contribution in [1.82, 2.24) is 4.98 Å². The Hall–Kier alpha value is -8.34.